The lowest BCUT2D eigenvalue weighted by Crippen LogP contribution is -2.47. The minimum absolute atomic E-state index is 0. The number of guanidine groups is 1. The first-order valence-electron chi connectivity index (χ1n) is 10.4. The maximum Gasteiger partial charge on any atom is 0.222 e. The summed E-state index contributed by atoms with van der Waals surface area (Å²) in [4.78, 5) is 17.8. The maximum absolute atomic E-state index is 12.1. The highest BCUT2D eigenvalue weighted by Gasteiger charge is 2.35. The molecule has 1 aromatic heterocycles. The first-order valence-corrected chi connectivity index (χ1v) is 13.1. The molecule has 1 amide bonds. The van der Waals surface area contributed by atoms with Crippen LogP contribution < -0.4 is 16.0 Å². The average molecular weight is 569 g/mol. The van der Waals surface area contributed by atoms with Crippen LogP contribution >= 0.6 is 35.3 Å². The number of carbonyl (C=O) groups is 1. The number of thiophene rings is 1. The normalized spacial score (nSPS) is 22.7. The van der Waals surface area contributed by atoms with E-state index in [9.17, 15) is 13.2 Å². The van der Waals surface area contributed by atoms with Crippen molar-refractivity contribution in [3.05, 3.63) is 22.4 Å². The number of nitrogens with zero attached hydrogens (tertiary/aromatic N) is 1. The zero-order valence-corrected chi connectivity index (χ0v) is 21.4. The van der Waals surface area contributed by atoms with Crippen molar-refractivity contribution in [2.45, 2.75) is 56.4 Å². The summed E-state index contributed by atoms with van der Waals surface area (Å²) in [6.45, 7) is 1.29. The van der Waals surface area contributed by atoms with Crippen LogP contribution in [0, 0.1) is 0 Å². The summed E-state index contributed by atoms with van der Waals surface area (Å²) in [7, 11) is -1.25. The van der Waals surface area contributed by atoms with Gasteiger partial charge < -0.3 is 16.0 Å². The Hall–Kier alpha value is -0.880. The van der Waals surface area contributed by atoms with Gasteiger partial charge in [0.25, 0.3) is 0 Å². The predicted octanol–water partition coefficient (Wildman–Crippen LogP) is 2.43. The molecule has 1 aliphatic heterocycles. The fourth-order valence-corrected chi connectivity index (χ4v) is 6.96. The molecule has 7 nitrogen and oxygen atoms in total. The Balaban J connectivity index is 0.00000320. The quantitative estimate of drug-likeness (QED) is 0.267. The molecule has 1 saturated heterocycles. The van der Waals surface area contributed by atoms with Crippen LogP contribution in [0.3, 0.4) is 0 Å². The van der Waals surface area contributed by atoms with E-state index in [4.69, 9.17) is 0 Å². The lowest BCUT2D eigenvalue weighted by molar-refractivity contribution is -0.121. The topological polar surface area (TPSA) is 99.7 Å². The Morgan fingerprint density at radius 3 is 2.63 bits per heavy atom. The van der Waals surface area contributed by atoms with Gasteiger partial charge in [0.2, 0.25) is 5.91 Å². The van der Waals surface area contributed by atoms with Gasteiger partial charge in [-0.2, -0.15) is 0 Å². The van der Waals surface area contributed by atoms with Crippen molar-refractivity contribution in [3.63, 3.8) is 0 Å². The number of sulfone groups is 1. The SMILES string of the molecule is CN=C(NCCC(=O)NC1CCS(=O)(=O)C1)NCC1(c2cccs2)CCCCC1.I. The summed E-state index contributed by atoms with van der Waals surface area (Å²) >= 11 is 1.83. The smallest absolute Gasteiger partial charge is 0.222 e. The van der Waals surface area contributed by atoms with Gasteiger partial charge in [0.1, 0.15) is 0 Å². The van der Waals surface area contributed by atoms with Crippen LogP contribution in [0.25, 0.3) is 0 Å². The Morgan fingerprint density at radius 2 is 2.03 bits per heavy atom. The van der Waals surface area contributed by atoms with Crippen molar-refractivity contribution >= 4 is 57.0 Å². The molecule has 0 radical (unpaired) electrons. The van der Waals surface area contributed by atoms with Gasteiger partial charge in [0.05, 0.1) is 11.5 Å². The molecule has 2 aliphatic rings. The summed E-state index contributed by atoms with van der Waals surface area (Å²) in [6.07, 6.45) is 6.97. The molecule has 3 N–H and O–H groups in total. The third-order valence-electron chi connectivity index (χ3n) is 5.91. The minimum Gasteiger partial charge on any atom is -0.356 e. The zero-order valence-electron chi connectivity index (χ0n) is 17.5. The summed E-state index contributed by atoms with van der Waals surface area (Å²) in [5.41, 5.74) is 0.162. The molecule has 3 rings (SSSR count). The number of nitrogens with one attached hydrogen (secondary N) is 3. The van der Waals surface area contributed by atoms with Crippen molar-refractivity contribution in [2.24, 2.45) is 4.99 Å². The molecule has 1 saturated carbocycles. The van der Waals surface area contributed by atoms with Crippen LogP contribution in [0.5, 0.6) is 0 Å². The monoisotopic (exact) mass is 568 g/mol. The number of hydrogen-bond donors (Lipinski definition) is 3. The molecule has 0 aromatic carbocycles. The fourth-order valence-electron chi connectivity index (χ4n) is 4.30. The third-order valence-corrected chi connectivity index (χ3v) is 8.80. The second kappa shape index (κ2) is 11.7. The van der Waals surface area contributed by atoms with E-state index < -0.39 is 9.84 Å². The molecule has 10 heteroatoms. The van der Waals surface area contributed by atoms with Crippen molar-refractivity contribution in [1.82, 2.24) is 16.0 Å². The number of halogens is 1. The number of aliphatic imine (C=N–C) groups is 1. The molecule has 1 unspecified atom stereocenters. The van der Waals surface area contributed by atoms with E-state index in [1.165, 1.54) is 37.0 Å². The minimum atomic E-state index is -2.98. The van der Waals surface area contributed by atoms with Crippen LogP contribution in [-0.4, -0.2) is 58.0 Å². The van der Waals surface area contributed by atoms with Gasteiger partial charge in [-0.25, -0.2) is 8.42 Å². The highest BCUT2D eigenvalue weighted by atomic mass is 127. The van der Waals surface area contributed by atoms with Gasteiger partial charge >= 0.3 is 0 Å². The second-order valence-corrected chi connectivity index (χ2v) is 11.3. The number of hydrogen-bond acceptors (Lipinski definition) is 5. The second-order valence-electron chi connectivity index (χ2n) is 8.09. The van der Waals surface area contributed by atoms with E-state index in [1.54, 1.807) is 7.05 Å². The Labute approximate surface area is 200 Å². The van der Waals surface area contributed by atoms with Gasteiger partial charge in [-0.3, -0.25) is 9.79 Å². The Kier molecular flexibility index (Phi) is 9.86. The van der Waals surface area contributed by atoms with E-state index in [-0.39, 0.29) is 59.3 Å². The molecule has 2 fully saturated rings. The zero-order chi connectivity index (χ0) is 20.7. The van der Waals surface area contributed by atoms with Crippen molar-refractivity contribution in [3.8, 4) is 0 Å². The first kappa shape index (κ1) is 25.4. The predicted molar refractivity (Wildman–Crippen MR) is 134 cm³/mol. The lowest BCUT2D eigenvalue weighted by atomic mass is 9.73. The van der Waals surface area contributed by atoms with E-state index in [0.29, 0.717) is 18.9 Å². The molecule has 0 bridgehead atoms. The van der Waals surface area contributed by atoms with Crippen LogP contribution in [0.4, 0.5) is 0 Å². The standard InChI is InChI=1S/C20H32N4O3S2.HI/c1-21-19(22-11-7-18(25)24-16-8-13-29(26,27)14-16)23-15-20(9-3-2-4-10-20)17-6-5-12-28-17;/h5-6,12,16H,2-4,7-11,13-15H2,1H3,(H,24,25)(H2,21,22,23);1H. The molecule has 170 valence electrons. The maximum atomic E-state index is 12.1. The number of amides is 1. The van der Waals surface area contributed by atoms with Gasteiger partial charge in [0.15, 0.2) is 15.8 Å². The highest BCUT2D eigenvalue weighted by molar-refractivity contribution is 14.0. The van der Waals surface area contributed by atoms with E-state index in [0.717, 1.165) is 6.54 Å². The molecule has 30 heavy (non-hydrogen) atoms. The Bertz CT molecular complexity index is 806. The van der Waals surface area contributed by atoms with E-state index in [1.807, 2.05) is 11.3 Å². The molecular formula is C20H33IN4O3S2. The van der Waals surface area contributed by atoms with Crippen molar-refractivity contribution < 1.29 is 13.2 Å². The van der Waals surface area contributed by atoms with Crippen molar-refractivity contribution in [2.75, 3.05) is 31.6 Å². The summed E-state index contributed by atoms with van der Waals surface area (Å²) in [5, 5.41) is 11.6. The van der Waals surface area contributed by atoms with Crippen LogP contribution in [0.2, 0.25) is 0 Å². The summed E-state index contributed by atoms with van der Waals surface area (Å²) in [6, 6.07) is 4.11. The van der Waals surface area contributed by atoms with Gasteiger partial charge in [-0.15, -0.1) is 35.3 Å². The molecule has 0 spiro atoms. The third kappa shape index (κ3) is 7.08. The molecule has 1 aromatic rings. The molecule has 1 atom stereocenters. The number of carbonyl (C=O) groups excluding carboxylic acids is 1. The van der Waals surface area contributed by atoms with Crippen LogP contribution in [-0.2, 0) is 20.0 Å². The Morgan fingerprint density at radius 1 is 1.27 bits per heavy atom. The average Bonchev–Trinajstić information content (AvgIpc) is 3.35. The molecule has 2 heterocycles. The molecule has 1 aliphatic carbocycles. The van der Waals surface area contributed by atoms with E-state index >= 15 is 0 Å². The van der Waals surface area contributed by atoms with Crippen molar-refractivity contribution in [1.29, 1.82) is 0 Å². The fraction of sp³-hybridized carbons (Fsp3) is 0.700. The van der Waals surface area contributed by atoms with Gasteiger partial charge in [-0.1, -0.05) is 25.3 Å². The highest BCUT2D eigenvalue weighted by Crippen LogP contribution is 2.41. The van der Waals surface area contributed by atoms with Gasteiger partial charge in [-0.05, 0) is 30.7 Å². The van der Waals surface area contributed by atoms with Gasteiger partial charge in [0, 0.05) is 42.9 Å². The summed E-state index contributed by atoms with van der Waals surface area (Å²) in [5.74, 6) is 0.791. The summed E-state index contributed by atoms with van der Waals surface area (Å²) < 4.78 is 23.0. The first-order chi connectivity index (χ1) is 13.9. The molecular weight excluding hydrogens is 535 g/mol. The van der Waals surface area contributed by atoms with E-state index in [2.05, 4.69) is 38.5 Å². The lowest BCUT2D eigenvalue weighted by Gasteiger charge is -2.37. The van der Waals surface area contributed by atoms with Crippen LogP contribution in [0.1, 0.15) is 49.8 Å². The number of rotatable bonds is 7. The van der Waals surface area contributed by atoms with Crippen LogP contribution in [0.15, 0.2) is 22.5 Å². The largest absolute Gasteiger partial charge is 0.356 e.